The molecule has 6 aromatic rings. The molecule has 0 aliphatic heterocycles. The lowest BCUT2D eigenvalue weighted by molar-refractivity contribution is -0.136. The molecule has 10 N–H and O–H groups in total. The van der Waals surface area contributed by atoms with Gasteiger partial charge in [0.25, 0.3) is 0 Å². The van der Waals surface area contributed by atoms with Crippen LogP contribution in [-0.4, -0.2) is 97.5 Å². The second kappa shape index (κ2) is 15.7. The van der Waals surface area contributed by atoms with Gasteiger partial charge in [0.1, 0.15) is 13.1 Å². The SMILES string of the molecule is O=C(O)CNc1nc(Nc2ccc(C(=O)O)cc2)nc(Nc2nnc(Nc3nc(NCC(=O)O)nc(Nc4ccc(C(=O)O)cc4)n3)c3ccccc23)n1. The maximum Gasteiger partial charge on any atom is 0.335 e. The standard InChI is InChI=1S/C32H26N14O8/c47-21(48)13-33-27-39-29(35-17-9-5-15(6-10-17)25(51)52)43-31(41-27)37-23-19-3-1-2-4-20(19)24(46-45-23)38-32-42-28(34-14-22(49)50)40-30(44-32)36-18-11-7-16(8-12-18)26(53)54/h1-12H,13-14H2,(H,47,48)(H,49,50)(H,51,52)(H,53,54)(H3,33,35,37,39,41,43,45)(H3,34,36,38,40,42,44,46). The molecule has 22 heteroatoms. The lowest BCUT2D eigenvalue weighted by atomic mass is 10.1. The summed E-state index contributed by atoms with van der Waals surface area (Å²) in [5.41, 5.74) is 1.02. The predicted octanol–water partition coefficient (Wildman–Crippen LogP) is 3.36. The number of carbonyl (C=O) groups is 4. The average molecular weight is 735 g/mol. The number of rotatable bonds is 16. The van der Waals surface area contributed by atoms with Crippen molar-refractivity contribution in [1.29, 1.82) is 0 Å². The number of carboxylic acid groups (broad SMARTS) is 4. The van der Waals surface area contributed by atoms with Gasteiger partial charge in [-0.05, 0) is 48.5 Å². The van der Waals surface area contributed by atoms with Gasteiger partial charge in [0.05, 0.1) is 11.1 Å². The van der Waals surface area contributed by atoms with E-state index < -0.39 is 37.0 Å². The third-order valence-corrected chi connectivity index (χ3v) is 6.99. The fourth-order valence-electron chi connectivity index (χ4n) is 4.59. The van der Waals surface area contributed by atoms with Crippen LogP contribution in [0, 0.1) is 0 Å². The molecule has 3 heterocycles. The van der Waals surface area contributed by atoms with Crippen molar-refractivity contribution in [3.8, 4) is 0 Å². The molecule has 54 heavy (non-hydrogen) atoms. The van der Waals surface area contributed by atoms with E-state index in [0.717, 1.165) is 0 Å². The minimum Gasteiger partial charge on any atom is -0.480 e. The van der Waals surface area contributed by atoms with Gasteiger partial charge in [0.15, 0.2) is 11.6 Å². The summed E-state index contributed by atoms with van der Waals surface area (Å²) in [6.45, 7) is -1.00. The highest BCUT2D eigenvalue weighted by molar-refractivity contribution is 5.99. The Hall–Kier alpha value is -8.30. The van der Waals surface area contributed by atoms with E-state index in [1.807, 2.05) is 0 Å². The number of carboxylic acids is 4. The smallest absolute Gasteiger partial charge is 0.335 e. The monoisotopic (exact) mass is 734 g/mol. The molecule has 0 aliphatic carbocycles. The van der Waals surface area contributed by atoms with Gasteiger partial charge in [0, 0.05) is 22.1 Å². The lowest BCUT2D eigenvalue weighted by Crippen LogP contribution is -2.16. The molecule has 0 bridgehead atoms. The van der Waals surface area contributed by atoms with Crippen molar-refractivity contribution >= 4 is 93.4 Å². The van der Waals surface area contributed by atoms with Crippen LogP contribution in [0.3, 0.4) is 0 Å². The number of nitrogens with zero attached hydrogens (tertiary/aromatic N) is 8. The molecule has 0 saturated heterocycles. The fourth-order valence-corrected chi connectivity index (χ4v) is 4.59. The number of aromatic carboxylic acids is 2. The lowest BCUT2D eigenvalue weighted by Gasteiger charge is -2.14. The fraction of sp³-hybridized carbons (Fsp3) is 0.0625. The summed E-state index contributed by atoms with van der Waals surface area (Å²) < 4.78 is 0. The maximum atomic E-state index is 11.2. The molecule has 6 rings (SSSR count). The largest absolute Gasteiger partial charge is 0.480 e. The summed E-state index contributed by atoms with van der Waals surface area (Å²) in [4.78, 5) is 70.6. The Bertz CT molecular complexity index is 2210. The third-order valence-electron chi connectivity index (χ3n) is 6.99. The van der Waals surface area contributed by atoms with Gasteiger partial charge in [-0.25, -0.2) is 9.59 Å². The van der Waals surface area contributed by atoms with E-state index in [1.165, 1.54) is 48.5 Å². The topological polar surface area (TPSA) is 324 Å². The van der Waals surface area contributed by atoms with E-state index in [-0.39, 0.29) is 58.5 Å². The number of nitrogens with one attached hydrogen (secondary N) is 6. The number of aromatic nitrogens is 8. The molecule has 0 unspecified atom stereocenters. The Morgan fingerprint density at radius 1 is 0.444 bits per heavy atom. The molecule has 0 aliphatic rings. The number of benzene rings is 3. The van der Waals surface area contributed by atoms with Crippen LogP contribution in [0.5, 0.6) is 0 Å². The summed E-state index contributed by atoms with van der Waals surface area (Å²) in [5.74, 6) is -4.47. The molecular weight excluding hydrogens is 708 g/mol. The van der Waals surface area contributed by atoms with E-state index in [4.69, 9.17) is 0 Å². The number of hydrogen-bond acceptors (Lipinski definition) is 18. The number of fused-ring (bicyclic) bond motifs is 1. The van der Waals surface area contributed by atoms with Crippen LogP contribution in [0.4, 0.5) is 58.7 Å². The maximum absolute atomic E-state index is 11.2. The van der Waals surface area contributed by atoms with Gasteiger partial charge in [0.2, 0.25) is 35.7 Å². The molecule has 272 valence electrons. The van der Waals surface area contributed by atoms with Gasteiger partial charge in [-0.1, -0.05) is 24.3 Å². The molecule has 3 aromatic heterocycles. The first kappa shape index (κ1) is 35.5. The Labute approximate surface area is 301 Å². The highest BCUT2D eigenvalue weighted by atomic mass is 16.4. The van der Waals surface area contributed by atoms with Crippen molar-refractivity contribution in [2.75, 3.05) is 45.0 Å². The third kappa shape index (κ3) is 9.08. The first-order valence-corrected chi connectivity index (χ1v) is 15.4. The minimum absolute atomic E-state index is 0.0107. The van der Waals surface area contributed by atoms with Crippen LogP contribution >= 0.6 is 0 Å². The summed E-state index contributed by atoms with van der Waals surface area (Å²) in [7, 11) is 0. The molecular formula is C32H26N14O8. The first-order valence-electron chi connectivity index (χ1n) is 15.4. The molecule has 0 radical (unpaired) electrons. The predicted molar refractivity (Wildman–Crippen MR) is 191 cm³/mol. The zero-order valence-electron chi connectivity index (χ0n) is 27.3. The molecule has 0 spiro atoms. The molecule has 0 fully saturated rings. The Kier molecular flexibility index (Phi) is 10.3. The summed E-state index contributed by atoms with van der Waals surface area (Å²) in [6.07, 6.45) is 0. The normalized spacial score (nSPS) is 10.6. The van der Waals surface area contributed by atoms with E-state index in [0.29, 0.717) is 22.1 Å². The molecule has 3 aromatic carbocycles. The van der Waals surface area contributed by atoms with Gasteiger partial charge >= 0.3 is 23.9 Å². The van der Waals surface area contributed by atoms with Crippen LogP contribution in [0.15, 0.2) is 72.8 Å². The summed E-state index contributed by atoms with van der Waals surface area (Å²) in [6, 6.07) is 18.5. The summed E-state index contributed by atoms with van der Waals surface area (Å²) >= 11 is 0. The van der Waals surface area contributed by atoms with Crippen molar-refractivity contribution in [3.05, 3.63) is 83.9 Å². The highest BCUT2D eigenvalue weighted by Crippen LogP contribution is 2.30. The quantitative estimate of drug-likeness (QED) is 0.0681. The van der Waals surface area contributed by atoms with Crippen molar-refractivity contribution in [2.24, 2.45) is 0 Å². The van der Waals surface area contributed by atoms with Crippen molar-refractivity contribution in [3.63, 3.8) is 0 Å². The van der Waals surface area contributed by atoms with Crippen LogP contribution in [0.1, 0.15) is 20.7 Å². The number of hydrogen-bond donors (Lipinski definition) is 10. The first-order chi connectivity index (χ1) is 26.0. The Balaban J connectivity index is 1.29. The molecule has 0 amide bonds. The van der Waals surface area contributed by atoms with E-state index in [9.17, 15) is 39.6 Å². The van der Waals surface area contributed by atoms with Crippen molar-refractivity contribution < 1.29 is 39.6 Å². The highest BCUT2D eigenvalue weighted by Gasteiger charge is 2.16. The number of aliphatic carboxylic acids is 2. The van der Waals surface area contributed by atoms with E-state index >= 15 is 0 Å². The average Bonchev–Trinajstić information content (AvgIpc) is 3.14. The van der Waals surface area contributed by atoms with Crippen LogP contribution in [0.25, 0.3) is 10.8 Å². The molecule has 22 nitrogen and oxygen atoms in total. The van der Waals surface area contributed by atoms with Crippen LogP contribution in [0.2, 0.25) is 0 Å². The van der Waals surface area contributed by atoms with Crippen molar-refractivity contribution in [1.82, 2.24) is 40.1 Å². The van der Waals surface area contributed by atoms with Crippen LogP contribution < -0.4 is 31.9 Å². The van der Waals surface area contributed by atoms with Gasteiger partial charge < -0.3 is 52.3 Å². The molecule has 0 atom stereocenters. The molecule has 0 saturated carbocycles. The Morgan fingerprint density at radius 3 is 1.11 bits per heavy atom. The van der Waals surface area contributed by atoms with E-state index in [1.54, 1.807) is 24.3 Å². The van der Waals surface area contributed by atoms with Gasteiger partial charge in [-0.2, -0.15) is 29.9 Å². The van der Waals surface area contributed by atoms with Crippen LogP contribution in [-0.2, 0) is 9.59 Å². The minimum atomic E-state index is -1.16. The zero-order valence-corrected chi connectivity index (χ0v) is 27.3. The Morgan fingerprint density at radius 2 is 0.778 bits per heavy atom. The van der Waals surface area contributed by atoms with Gasteiger partial charge in [-0.15, -0.1) is 10.2 Å². The van der Waals surface area contributed by atoms with E-state index in [2.05, 4.69) is 72.0 Å². The zero-order chi connectivity index (χ0) is 38.2. The number of anilines is 10. The van der Waals surface area contributed by atoms with Crippen molar-refractivity contribution in [2.45, 2.75) is 0 Å². The summed E-state index contributed by atoms with van der Waals surface area (Å²) in [5, 5.41) is 63.4. The second-order valence-electron chi connectivity index (χ2n) is 10.8. The second-order valence-corrected chi connectivity index (χ2v) is 10.8. The van der Waals surface area contributed by atoms with Gasteiger partial charge in [-0.3, -0.25) is 9.59 Å².